The van der Waals surface area contributed by atoms with Gasteiger partial charge in [0.05, 0.1) is 5.75 Å². The van der Waals surface area contributed by atoms with Gasteiger partial charge in [-0.3, -0.25) is 4.79 Å². The van der Waals surface area contributed by atoms with Crippen molar-refractivity contribution in [3.8, 4) is 0 Å². The van der Waals surface area contributed by atoms with Crippen molar-refractivity contribution in [1.82, 2.24) is 0 Å². The molecule has 0 bridgehead atoms. The zero-order valence-electron chi connectivity index (χ0n) is 12.6. The second-order valence-electron chi connectivity index (χ2n) is 5.15. The lowest BCUT2D eigenvalue weighted by molar-refractivity contribution is -0.115. The van der Waals surface area contributed by atoms with E-state index in [0.29, 0.717) is 10.7 Å². The van der Waals surface area contributed by atoms with Gasteiger partial charge in [0.25, 0.3) is 0 Å². The second-order valence-corrected chi connectivity index (χ2v) is 8.31. The third-order valence-electron chi connectivity index (χ3n) is 3.43. The fourth-order valence-electron chi connectivity index (χ4n) is 1.94. The third-order valence-corrected chi connectivity index (χ3v) is 6.02. The van der Waals surface area contributed by atoms with Crippen molar-refractivity contribution >= 4 is 44.6 Å². The van der Waals surface area contributed by atoms with Gasteiger partial charge in [-0.25, -0.2) is 12.8 Å². The Morgan fingerprint density at radius 1 is 1.17 bits per heavy atom. The first-order valence-electron chi connectivity index (χ1n) is 6.91. The van der Waals surface area contributed by atoms with E-state index >= 15 is 0 Å². The predicted octanol–water partition coefficient (Wildman–Crippen LogP) is 4.07. The Bertz CT molecular complexity index is 834. The molecule has 24 heavy (non-hydrogen) atoms. The van der Waals surface area contributed by atoms with E-state index in [1.807, 2.05) is 0 Å². The van der Waals surface area contributed by atoms with Gasteiger partial charge >= 0.3 is 0 Å². The molecule has 128 valence electrons. The van der Waals surface area contributed by atoms with Gasteiger partial charge in [0, 0.05) is 21.3 Å². The predicted molar refractivity (Wildman–Crippen MR) is 93.6 cm³/mol. The van der Waals surface area contributed by atoms with Crippen LogP contribution in [0.1, 0.15) is 12.5 Å². The number of nitrogens with one attached hydrogen (secondary N) is 1. The van der Waals surface area contributed by atoms with Crippen LogP contribution in [0.3, 0.4) is 0 Å². The summed E-state index contributed by atoms with van der Waals surface area (Å²) in [6, 6.07) is 10.1. The minimum absolute atomic E-state index is 0.00360. The van der Waals surface area contributed by atoms with Crippen LogP contribution in [0.25, 0.3) is 0 Å². The SMILES string of the molecule is CC(C(=O)Nc1ccc(Cl)cc1)S(=O)(=O)Cc1c(F)cccc1Cl. The molecule has 2 aromatic rings. The minimum Gasteiger partial charge on any atom is -0.325 e. The highest BCUT2D eigenvalue weighted by Gasteiger charge is 2.30. The van der Waals surface area contributed by atoms with Gasteiger partial charge in [-0.2, -0.15) is 0 Å². The van der Waals surface area contributed by atoms with Crippen molar-refractivity contribution < 1.29 is 17.6 Å². The summed E-state index contributed by atoms with van der Waals surface area (Å²) >= 11 is 11.6. The molecule has 0 heterocycles. The lowest BCUT2D eigenvalue weighted by Crippen LogP contribution is -2.33. The van der Waals surface area contributed by atoms with Crippen LogP contribution in [0.15, 0.2) is 42.5 Å². The number of anilines is 1. The fourth-order valence-corrected chi connectivity index (χ4v) is 3.70. The van der Waals surface area contributed by atoms with Crippen LogP contribution in [0.2, 0.25) is 10.0 Å². The molecule has 0 aliphatic rings. The first-order valence-corrected chi connectivity index (χ1v) is 9.39. The molecule has 0 aliphatic carbocycles. The molecule has 1 N–H and O–H groups in total. The quantitative estimate of drug-likeness (QED) is 0.837. The standard InChI is InChI=1S/C16H14Cl2FNO3S/c1-10(16(21)20-12-7-5-11(17)6-8-12)24(22,23)9-13-14(18)3-2-4-15(13)19/h2-8,10H,9H2,1H3,(H,20,21). The Kier molecular flexibility index (Phi) is 5.85. The highest BCUT2D eigenvalue weighted by atomic mass is 35.5. The van der Waals surface area contributed by atoms with E-state index in [1.165, 1.54) is 19.1 Å². The van der Waals surface area contributed by atoms with Crippen molar-refractivity contribution in [3.05, 3.63) is 63.9 Å². The van der Waals surface area contributed by atoms with Gasteiger partial charge in [-0.15, -0.1) is 0 Å². The molecule has 0 aromatic heterocycles. The first-order chi connectivity index (χ1) is 11.2. The van der Waals surface area contributed by atoms with Crippen molar-refractivity contribution in [2.45, 2.75) is 17.9 Å². The average Bonchev–Trinajstić information content (AvgIpc) is 2.52. The lowest BCUT2D eigenvalue weighted by Gasteiger charge is -2.14. The molecule has 0 fully saturated rings. The number of benzene rings is 2. The maximum atomic E-state index is 13.8. The monoisotopic (exact) mass is 389 g/mol. The number of hydrogen-bond donors (Lipinski definition) is 1. The molecular weight excluding hydrogens is 376 g/mol. The number of sulfone groups is 1. The summed E-state index contributed by atoms with van der Waals surface area (Å²) in [4.78, 5) is 12.2. The molecule has 0 radical (unpaired) electrons. The summed E-state index contributed by atoms with van der Waals surface area (Å²) < 4.78 is 38.5. The zero-order chi connectivity index (χ0) is 17.9. The molecule has 2 rings (SSSR count). The summed E-state index contributed by atoms with van der Waals surface area (Å²) in [5.74, 6) is -2.10. The molecule has 0 saturated carbocycles. The zero-order valence-corrected chi connectivity index (χ0v) is 14.9. The Balaban J connectivity index is 2.16. The molecule has 4 nitrogen and oxygen atoms in total. The fraction of sp³-hybridized carbons (Fsp3) is 0.188. The van der Waals surface area contributed by atoms with E-state index < -0.39 is 32.6 Å². The van der Waals surface area contributed by atoms with Crippen molar-refractivity contribution in [2.75, 3.05) is 5.32 Å². The summed E-state index contributed by atoms with van der Waals surface area (Å²) in [6.07, 6.45) is 0. The maximum Gasteiger partial charge on any atom is 0.242 e. The number of rotatable bonds is 5. The molecule has 1 atom stereocenters. The van der Waals surface area contributed by atoms with Gasteiger partial charge in [-0.05, 0) is 43.3 Å². The number of halogens is 3. The molecule has 0 aliphatic heterocycles. The molecule has 8 heteroatoms. The lowest BCUT2D eigenvalue weighted by atomic mass is 10.2. The summed E-state index contributed by atoms with van der Waals surface area (Å²) in [7, 11) is -3.95. The van der Waals surface area contributed by atoms with E-state index in [4.69, 9.17) is 23.2 Å². The van der Waals surface area contributed by atoms with E-state index in [0.717, 1.165) is 6.07 Å². The first kappa shape index (κ1) is 18.7. The highest BCUT2D eigenvalue weighted by molar-refractivity contribution is 7.92. The van der Waals surface area contributed by atoms with E-state index in [9.17, 15) is 17.6 Å². The Morgan fingerprint density at radius 3 is 2.38 bits per heavy atom. The van der Waals surface area contributed by atoms with Crippen LogP contribution >= 0.6 is 23.2 Å². The van der Waals surface area contributed by atoms with Crippen LogP contribution < -0.4 is 5.32 Å². The molecule has 0 saturated heterocycles. The number of carbonyl (C=O) groups is 1. The topological polar surface area (TPSA) is 63.2 Å². The maximum absolute atomic E-state index is 13.8. The van der Waals surface area contributed by atoms with Gasteiger partial charge in [0.1, 0.15) is 11.1 Å². The summed E-state index contributed by atoms with van der Waals surface area (Å²) in [6.45, 7) is 1.25. The average molecular weight is 390 g/mol. The summed E-state index contributed by atoms with van der Waals surface area (Å²) in [5.41, 5.74) is 0.265. The van der Waals surface area contributed by atoms with Gasteiger partial charge in [-0.1, -0.05) is 29.3 Å². The number of hydrogen-bond acceptors (Lipinski definition) is 3. The van der Waals surface area contributed by atoms with Crippen LogP contribution in [0.5, 0.6) is 0 Å². The molecule has 1 amide bonds. The van der Waals surface area contributed by atoms with Crippen LogP contribution in [-0.4, -0.2) is 19.6 Å². The number of carbonyl (C=O) groups excluding carboxylic acids is 1. The Morgan fingerprint density at radius 2 is 1.79 bits per heavy atom. The van der Waals surface area contributed by atoms with Crippen LogP contribution in [-0.2, 0) is 20.4 Å². The van der Waals surface area contributed by atoms with Crippen LogP contribution in [0, 0.1) is 5.82 Å². The van der Waals surface area contributed by atoms with E-state index in [1.54, 1.807) is 24.3 Å². The minimum atomic E-state index is -3.95. The van der Waals surface area contributed by atoms with Crippen LogP contribution in [0.4, 0.5) is 10.1 Å². The van der Waals surface area contributed by atoms with Gasteiger partial charge < -0.3 is 5.32 Å². The van der Waals surface area contributed by atoms with E-state index in [2.05, 4.69) is 5.32 Å². The van der Waals surface area contributed by atoms with Crippen molar-refractivity contribution in [2.24, 2.45) is 0 Å². The Labute approximate surface area is 149 Å². The molecule has 1 unspecified atom stereocenters. The smallest absolute Gasteiger partial charge is 0.242 e. The summed E-state index contributed by atoms with van der Waals surface area (Å²) in [5, 5.41) is 1.61. The van der Waals surface area contributed by atoms with E-state index in [-0.39, 0.29) is 10.6 Å². The van der Waals surface area contributed by atoms with Crippen molar-refractivity contribution in [3.63, 3.8) is 0 Å². The molecule has 0 spiro atoms. The highest BCUT2D eigenvalue weighted by Crippen LogP contribution is 2.23. The normalized spacial score (nSPS) is 12.7. The third kappa shape index (κ3) is 4.47. The Hall–Kier alpha value is -1.63. The molecule has 2 aromatic carbocycles. The second kappa shape index (κ2) is 7.51. The van der Waals surface area contributed by atoms with Gasteiger partial charge in [0.15, 0.2) is 9.84 Å². The largest absolute Gasteiger partial charge is 0.325 e. The molecular formula is C16H14Cl2FNO3S. The number of amides is 1. The van der Waals surface area contributed by atoms with Crippen molar-refractivity contribution in [1.29, 1.82) is 0 Å². The van der Waals surface area contributed by atoms with Gasteiger partial charge in [0.2, 0.25) is 5.91 Å².